The lowest BCUT2D eigenvalue weighted by Crippen LogP contribution is -2.40. The van der Waals surface area contributed by atoms with Gasteiger partial charge in [0.1, 0.15) is 6.54 Å². The number of hydroxylamine groups is 2. The molecule has 7 heteroatoms. The molecule has 2 aliphatic heterocycles. The highest BCUT2D eigenvalue weighted by Crippen LogP contribution is 2.44. The molecular formula is C16H19N3O4. The Kier molecular flexibility index (Phi) is 4.14. The van der Waals surface area contributed by atoms with E-state index in [1.807, 2.05) is 37.3 Å². The molecule has 2 aliphatic rings. The summed E-state index contributed by atoms with van der Waals surface area (Å²) < 4.78 is 0. The molecule has 1 aromatic rings. The number of hydrogen-bond donors (Lipinski definition) is 1. The van der Waals surface area contributed by atoms with Crippen LogP contribution in [-0.2, 0) is 19.2 Å². The van der Waals surface area contributed by atoms with Gasteiger partial charge in [0.2, 0.25) is 11.8 Å². The molecule has 122 valence electrons. The summed E-state index contributed by atoms with van der Waals surface area (Å²) in [6.07, 6.45) is -0.184. The number of benzene rings is 1. The lowest BCUT2D eigenvalue weighted by molar-refractivity contribution is -0.181. The number of likely N-dealkylation sites (tertiary alicyclic amines) is 1. The molecule has 0 aliphatic carbocycles. The molecule has 7 nitrogen and oxygen atoms in total. The van der Waals surface area contributed by atoms with E-state index in [-0.39, 0.29) is 18.4 Å². The second kappa shape index (κ2) is 6.10. The van der Waals surface area contributed by atoms with Crippen LogP contribution in [0.4, 0.5) is 0 Å². The SMILES string of the molecule is CCCN1C(=O)C2ON(CC(N)=O)C(c3ccccc3)C2C1=O. The third-order valence-corrected chi connectivity index (χ3v) is 4.19. The van der Waals surface area contributed by atoms with Crippen molar-refractivity contribution in [2.75, 3.05) is 13.1 Å². The lowest BCUT2D eigenvalue weighted by Gasteiger charge is -2.26. The number of nitrogens with two attached hydrogens (primary N) is 1. The predicted molar refractivity (Wildman–Crippen MR) is 80.5 cm³/mol. The van der Waals surface area contributed by atoms with Gasteiger partial charge in [-0.2, -0.15) is 5.06 Å². The number of primary amides is 1. The summed E-state index contributed by atoms with van der Waals surface area (Å²) >= 11 is 0. The van der Waals surface area contributed by atoms with Crippen LogP contribution in [0.5, 0.6) is 0 Å². The maximum atomic E-state index is 12.7. The Hall–Kier alpha value is -2.25. The average Bonchev–Trinajstić information content (AvgIpc) is 2.99. The fourth-order valence-electron chi connectivity index (χ4n) is 3.28. The van der Waals surface area contributed by atoms with Crippen LogP contribution < -0.4 is 5.73 Å². The molecule has 0 aromatic heterocycles. The van der Waals surface area contributed by atoms with Gasteiger partial charge in [0, 0.05) is 6.54 Å². The number of fused-ring (bicyclic) bond motifs is 1. The molecule has 3 atom stereocenters. The number of imide groups is 1. The van der Waals surface area contributed by atoms with Crippen molar-refractivity contribution >= 4 is 17.7 Å². The molecule has 2 saturated heterocycles. The van der Waals surface area contributed by atoms with E-state index in [4.69, 9.17) is 10.6 Å². The summed E-state index contributed by atoms with van der Waals surface area (Å²) in [5.41, 5.74) is 6.09. The van der Waals surface area contributed by atoms with Crippen LogP contribution in [0.25, 0.3) is 0 Å². The van der Waals surface area contributed by atoms with Gasteiger partial charge >= 0.3 is 0 Å². The van der Waals surface area contributed by atoms with Crippen LogP contribution in [0.2, 0.25) is 0 Å². The molecule has 2 heterocycles. The highest BCUT2D eigenvalue weighted by atomic mass is 16.7. The quantitative estimate of drug-likeness (QED) is 0.784. The van der Waals surface area contributed by atoms with Crippen molar-refractivity contribution in [1.82, 2.24) is 9.96 Å². The largest absolute Gasteiger partial charge is 0.368 e. The van der Waals surface area contributed by atoms with Gasteiger partial charge in [-0.15, -0.1) is 0 Å². The van der Waals surface area contributed by atoms with E-state index in [2.05, 4.69) is 0 Å². The molecule has 0 radical (unpaired) electrons. The number of amides is 3. The third kappa shape index (κ3) is 2.62. The molecule has 1 aromatic carbocycles. The van der Waals surface area contributed by atoms with Crippen molar-refractivity contribution in [2.45, 2.75) is 25.5 Å². The minimum absolute atomic E-state index is 0.166. The topological polar surface area (TPSA) is 92.9 Å². The van der Waals surface area contributed by atoms with E-state index in [0.717, 1.165) is 5.56 Å². The molecule has 3 rings (SSSR count). The summed E-state index contributed by atoms with van der Waals surface area (Å²) in [6.45, 7) is 2.12. The number of carbonyl (C=O) groups is 3. The molecule has 2 N–H and O–H groups in total. The van der Waals surface area contributed by atoms with E-state index in [9.17, 15) is 14.4 Å². The van der Waals surface area contributed by atoms with E-state index >= 15 is 0 Å². The fraction of sp³-hybridized carbons (Fsp3) is 0.438. The Morgan fingerprint density at radius 2 is 1.91 bits per heavy atom. The fourth-order valence-corrected chi connectivity index (χ4v) is 3.28. The molecule has 0 bridgehead atoms. The Bertz CT molecular complexity index is 633. The first-order valence-corrected chi connectivity index (χ1v) is 7.66. The molecule has 2 fully saturated rings. The van der Waals surface area contributed by atoms with Gasteiger partial charge in [0.15, 0.2) is 6.10 Å². The van der Waals surface area contributed by atoms with Crippen LogP contribution >= 0.6 is 0 Å². The van der Waals surface area contributed by atoms with Crippen LogP contribution in [0.1, 0.15) is 24.9 Å². The van der Waals surface area contributed by atoms with Crippen molar-refractivity contribution in [2.24, 2.45) is 11.7 Å². The highest BCUT2D eigenvalue weighted by molar-refractivity contribution is 6.07. The van der Waals surface area contributed by atoms with Gasteiger partial charge in [-0.05, 0) is 12.0 Å². The zero-order valence-electron chi connectivity index (χ0n) is 12.8. The second-order valence-corrected chi connectivity index (χ2v) is 5.78. The van der Waals surface area contributed by atoms with Crippen molar-refractivity contribution in [1.29, 1.82) is 0 Å². The number of rotatable bonds is 5. The summed E-state index contributed by atoms with van der Waals surface area (Å²) in [4.78, 5) is 43.3. The second-order valence-electron chi connectivity index (χ2n) is 5.78. The van der Waals surface area contributed by atoms with Crippen LogP contribution in [0.15, 0.2) is 30.3 Å². The van der Waals surface area contributed by atoms with E-state index < -0.39 is 24.0 Å². The summed E-state index contributed by atoms with van der Waals surface area (Å²) in [5, 5.41) is 1.37. The normalized spacial score (nSPS) is 27.5. The maximum absolute atomic E-state index is 12.7. The predicted octanol–water partition coefficient (Wildman–Crippen LogP) is 0.224. The molecule has 3 unspecified atom stereocenters. The minimum Gasteiger partial charge on any atom is -0.368 e. The van der Waals surface area contributed by atoms with Crippen LogP contribution in [0, 0.1) is 5.92 Å². The van der Waals surface area contributed by atoms with Crippen LogP contribution in [0.3, 0.4) is 0 Å². The Balaban J connectivity index is 1.96. The van der Waals surface area contributed by atoms with Crippen molar-refractivity contribution in [3.63, 3.8) is 0 Å². The van der Waals surface area contributed by atoms with Crippen LogP contribution in [-0.4, -0.2) is 46.9 Å². The smallest absolute Gasteiger partial charge is 0.261 e. The van der Waals surface area contributed by atoms with Gasteiger partial charge < -0.3 is 5.73 Å². The Labute approximate surface area is 133 Å². The summed E-state index contributed by atoms with van der Waals surface area (Å²) in [6, 6.07) is 8.76. The lowest BCUT2D eigenvalue weighted by atomic mass is 9.91. The number of hydrogen-bond acceptors (Lipinski definition) is 5. The van der Waals surface area contributed by atoms with Gasteiger partial charge in [0.25, 0.3) is 5.91 Å². The first-order chi connectivity index (χ1) is 11.0. The highest BCUT2D eigenvalue weighted by Gasteiger charge is 2.59. The standard InChI is InChI=1S/C16H19N3O4/c1-2-8-18-15(21)12-13(10-6-4-3-5-7-10)19(9-11(17)20)23-14(12)16(18)22/h3-7,12-14H,2,8-9H2,1H3,(H2,17,20). The average molecular weight is 317 g/mol. The number of carbonyl (C=O) groups excluding carboxylic acids is 3. The summed E-state index contributed by atoms with van der Waals surface area (Å²) in [5.74, 6) is -1.80. The van der Waals surface area contributed by atoms with E-state index in [1.54, 1.807) is 0 Å². The number of nitrogens with zero attached hydrogens (tertiary/aromatic N) is 2. The monoisotopic (exact) mass is 317 g/mol. The molecule has 3 amide bonds. The molecule has 0 spiro atoms. The van der Waals surface area contributed by atoms with Gasteiger partial charge in [-0.1, -0.05) is 37.3 Å². The Morgan fingerprint density at radius 3 is 2.52 bits per heavy atom. The molecule has 0 saturated carbocycles. The molecule has 23 heavy (non-hydrogen) atoms. The van der Waals surface area contributed by atoms with Crippen molar-refractivity contribution < 1.29 is 19.2 Å². The van der Waals surface area contributed by atoms with Crippen molar-refractivity contribution in [3.8, 4) is 0 Å². The summed E-state index contributed by atoms with van der Waals surface area (Å²) in [7, 11) is 0. The van der Waals surface area contributed by atoms with E-state index in [1.165, 1.54) is 9.96 Å². The van der Waals surface area contributed by atoms with Gasteiger partial charge in [-0.3, -0.25) is 24.1 Å². The zero-order chi connectivity index (χ0) is 16.6. The third-order valence-electron chi connectivity index (χ3n) is 4.19. The molecular weight excluding hydrogens is 298 g/mol. The zero-order valence-corrected chi connectivity index (χ0v) is 12.8. The van der Waals surface area contributed by atoms with Gasteiger partial charge in [0.05, 0.1) is 12.0 Å². The minimum atomic E-state index is -0.876. The van der Waals surface area contributed by atoms with Crippen molar-refractivity contribution in [3.05, 3.63) is 35.9 Å². The Morgan fingerprint density at radius 1 is 1.22 bits per heavy atom. The van der Waals surface area contributed by atoms with Gasteiger partial charge in [-0.25, -0.2) is 0 Å². The first kappa shape index (κ1) is 15.6. The first-order valence-electron chi connectivity index (χ1n) is 7.66. The maximum Gasteiger partial charge on any atom is 0.261 e. The van der Waals surface area contributed by atoms with E-state index in [0.29, 0.717) is 13.0 Å².